The lowest BCUT2D eigenvalue weighted by atomic mass is 10.1. The normalized spacial score (nSPS) is 15.5. The van der Waals surface area contributed by atoms with Gasteiger partial charge in [0.1, 0.15) is 0 Å². The summed E-state index contributed by atoms with van der Waals surface area (Å²) in [7, 11) is 0. The van der Waals surface area contributed by atoms with E-state index >= 15 is 0 Å². The highest BCUT2D eigenvalue weighted by Gasteiger charge is 2.35. The zero-order valence-electron chi connectivity index (χ0n) is 17.2. The lowest BCUT2D eigenvalue weighted by Crippen LogP contribution is -2.30. The molecule has 5 nitrogen and oxygen atoms in total. The number of aryl methyl sites for hydroxylation is 1. The Labute approximate surface area is 187 Å². The lowest BCUT2D eigenvalue weighted by molar-refractivity contribution is -0.137. The van der Waals surface area contributed by atoms with Crippen LogP contribution in [0.15, 0.2) is 34.8 Å². The van der Waals surface area contributed by atoms with Crippen LogP contribution in [0, 0.1) is 0 Å². The molecule has 0 spiro atoms. The number of thiazole rings is 1. The first-order valence-electron chi connectivity index (χ1n) is 10.3. The number of piperidine rings is 1. The van der Waals surface area contributed by atoms with Crippen molar-refractivity contribution in [2.75, 3.05) is 13.1 Å². The number of alkyl halides is 3. The summed E-state index contributed by atoms with van der Waals surface area (Å²) in [5.41, 5.74) is 0.295. The molecule has 0 amide bonds. The van der Waals surface area contributed by atoms with Gasteiger partial charge in [0.15, 0.2) is 11.0 Å². The van der Waals surface area contributed by atoms with Crippen molar-refractivity contribution < 1.29 is 13.2 Å². The summed E-state index contributed by atoms with van der Waals surface area (Å²) in [5, 5.41) is 12.1. The number of nitrogens with zero attached hydrogens (tertiary/aromatic N) is 5. The van der Waals surface area contributed by atoms with E-state index in [-0.39, 0.29) is 5.69 Å². The van der Waals surface area contributed by atoms with Crippen LogP contribution in [0.3, 0.4) is 0 Å². The number of hydrogen-bond donors (Lipinski definition) is 0. The third-order valence-electron chi connectivity index (χ3n) is 5.22. The average molecular weight is 468 g/mol. The molecule has 31 heavy (non-hydrogen) atoms. The first-order chi connectivity index (χ1) is 15.0. The van der Waals surface area contributed by atoms with Crippen LogP contribution >= 0.6 is 23.1 Å². The number of aromatic nitrogens is 4. The highest BCUT2D eigenvalue weighted by atomic mass is 32.2. The fourth-order valence-electron chi connectivity index (χ4n) is 3.68. The smallest absolute Gasteiger partial charge is 0.296 e. The Morgan fingerprint density at radius 3 is 2.58 bits per heavy atom. The van der Waals surface area contributed by atoms with Crippen LogP contribution in [0.1, 0.15) is 48.3 Å². The fraction of sp³-hybridized carbons (Fsp3) is 0.476. The van der Waals surface area contributed by atoms with Crippen LogP contribution in [0.5, 0.6) is 0 Å². The quantitative estimate of drug-likeness (QED) is 0.424. The van der Waals surface area contributed by atoms with E-state index in [0.29, 0.717) is 23.3 Å². The van der Waals surface area contributed by atoms with Crippen molar-refractivity contribution in [1.29, 1.82) is 0 Å². The first kappa shape index (κ1) is 22.3. The van der Waals surface area contributed by atoms with Gasteiger partial charge in [0, 0.05) is 11.1 Å². The molecule has 0 bridgehead atoms. The molecule has 0 unspecified atom stereocenters. The molecule has 1 saturated heterocycles. The molecule has 0 atom stereocenters. The SMILES string of the molecule is CCc1nc(CSc2nnc(CN3CCCCC3)n2-c2ccccc2C(F)(F)F)cs1. The van der Waals surface area contributed by atoms with Crippen LogP contribution in [0.25, 0.3) is 5.69 Å². The summed E-state index contributed by atoms with van der Waals surface area (Å²) < 4.78 is 42.9. The zero-order valence-corrected chi connectivity index (χ0v) is 18.9. The molecule has 1 aliphatic rings. The predicted octanol–water partition coefficient (Wildman–Crippen LogP) is 5.58. The Kier molecular flexibility index (Phi) is 6.98. The Morgan fingerprint density at radius 1 is 1.10 bits per heavy atom. The molecule has 0 aliphatic carbocycles. The summed E-state index contributed by atoms with van der Waals surface area (Å²) in [6, 6.07) is 5.64. The molecule has 1 aliphatic heterocycles. The number of halogens is 3. The van der Waals surface area contributed by atoms with Gasteiger partial charge in [-0.05, 0) is 44.5 Å². The summed E-state index contributed by atoms with van der Waals surface area (Å²) >= 11 is 2.97. The highest BCUT2D eigenvalue weighted by Crippen LogP contribution is 2.36. The van der Waals surface area contributed by atoms with Gasteiger partial charge in [0.2, 0.25) is 0 Å². The van der Waals surface area contributed by atoms with E-state index in [4.69, 9.17) is 0 Å². The second-order valence-electron chi connectivity index (χ2n) is 7.46. The van der Waals surface area contributed by atoms with E-state index in [1.165, 1.54) is 30.3 Å². The fourth-order valence-corrected chi connectivity index (χ4v) is 5.39. The maximum absolute atomic E-state index is 13.8. The van der Waals surface area contributed by atoms with Crippen LogP contribution in [0.2, 0.25) is 0 Å². The Hall–Kier alpha value is -1.91. The Balaban J connectivity index is 1.68. The van der Waals surface area contributed by atoms with E-state index < -0.39 is 11.7 Å². The van der Waals surface area contributed by atoms with Crippen molar-refractivity contribution in [3.63, 3.8) is 0 Å². The molecule has 166 valence electrons. The van der Waals surface area contributed by atoms with Gasteiger partial charge in [-0.15, -0.1) is 21.5 Å². The summed E-state index contributed by atoms with van der Waals surface area (Å²) in [6.45, 7) is 4.38. The third-order valence-corrected chi connectivity index (χ3v) is 7.22. The van der Waals surface area contributed by atoms with Gasteiger partial charge in [-0.1, -0.05) is 37.2 Å². The van der Waals surface area contributed by atoms with Gasteiger partial charge in [-0.2, -0.15) is 13.2 Å². The van der Waals surface area contributed by atoms with Crippen molar-refractivity contribution in [2.24, 2.45) is 0 Å². The van der Waals surface area contributed by atoms with Crippen molar-refractivity contribution in [2.45, 2.75) is 56.2 Å². The highest BCUT2D eigenvalue weighted by molar-refractivity contribution is 7.98. The van der Waals surface area contributed by atoms with Crippen LogP contribution < -0.4 is 0 Å². The maximum Gasteiger partial charge on any atom is 0.418 e. The van der Waals surface area contributed by atoms with Crippen molar-refractivity contribution in [1.82, 2.24) is 24.6 Å². The predicted molar refractivity (Wildman–Crippen MR) is 117 cm³/mol. The summed E-state index contributed by atoms with van der Waals surface area (Å²) in [6.07, 6.45) is -0.216. The number of thioether (sulfide) groups is 1. The molecular weight excluding hydrogens is 443 g/mol. The number of likely N-dealkylation sites (tertiary alicyclic amines) is 1. The van der Waals surface area contributed by atoms with Gasteiger partial charge in [-0.25, -0.2) is 4.98 Å². The number of hydrogen-bond acceptors (Lipinski definition) is 6. The second-order valence-corrected chi connectivity index (χ2v) is 9.35. The Morgan fingerprint density at radius 2 is 1.87 bits per heavy atom. The molecule has 0 radical (unpaired) electrons. The second kappa shape index (κ2) is 9.70. The lowest BCUT2D eigenvalue weighted by Gasteiger charge is -2.26. The Bertz CT molecular complexity index is 1010. The van der Waals surface area contributed by atoms with E-state index in [1.54, 1.807) is 22.0 Å². The molecular formula is C21H24F3N5S2. The molecule has 4 rings (SSSR count). The molecule has 3 aromatic rings. The van der Waals surface area contributed by atoms with E-state index in [1.807, 2.05) is 12.3 Å². The average Bonchev–Trinajstić information content (AvgIpc) is 3.39. The molecule has 0 saturated carbocycles. The summed E-state index contributed by atoms with van der Waals surface area (Å²) in [4.78, 5) is 6.79. The van der Waals surface area contributed by atoms with Crippen LogP contribution in [0.4, 0.5) is 13.2 Å². The number of para-hydroxylation sites is 1. The van der Waals surface area contributed by atoms with E-state index in [0.717, 1.165) is 49.1 Å². The van der Waals surface area contributed by atoms with Crippen LogP contribution in [-0.4, -0.2) is 37.7 Å². The maximum atomic E-state index is 13.8. The first-order valence-corrected chi connectivity index (χ1v) is 12.2. The largest absolute Gasteiger partial charge is 0.418 e. The third kappa shape index (κ3) is 5.30. The van der Waals surface area contributed by atoms with Gasteiger partial charge >= 0.3 is 6.18 Å². The monoisotopic (exact) mass is 467 g/mol. The van der Waals surface area contributed by atoms with E-state index in [9.17, 15) is 13.2 Å². The van der Waals surface area contributed by atoms with Gasteiger partial charge in [0.05, 0.1) is 28.5 Å². The van der Waals surface area contributed by atoms with Gasteiger partial charge in [0.25, 0.3) is 0 Å². The molecule has 2 aromatic heterocycles. The molecule has 3 heterocycles. The van der Waals surface area contributed by atoms with Crippen LogP contribution in [-0.2, 0) is 24.9 Å². The molecule has 0 N–H and O–H groups in total. The summed E-state index contributed by atoms with van der Waals surface area (Å²) in [5.74, 6) is 1.07. The van der Waals surface area contributed by atoms with Crippen molar-refractivity contribution >= 4 is 23.1 Å². The number of rotatable bonds is 7. The topological polar surface area (TPSA) is 46.8 Å². The van der Waals surface area contributed by atoms with Crippen molar-refractivity contribution in [3.05, 3.63) is 51.7 Å². The molecule has 1 aromatic carbocycles. The minimum absolute atomic E-state index is 0.0713. The van der Waals surface area contributed by atoms with Crippen molar-refractivity contribution in [3.8, 4) is 5.69 Å². The molecule has 1 fully saturated rings. The van der Waals surface area contributed by atoms with E-state index in [2.05, 4.69) is 20.1 Å². The minimum atomic E-state index is -4.46. The standard InChI is InChI=1S/C21H24F3N5S2/c1-2-19-25-15(13-30-19)14-31-20-27-26-18(12-28-10-6-3-7-11-28)29(20)17-9-5-4-8-16(17)21(22,23)24/h4-5,8-9,13H,2-3,6-7,10-12,14H2,1H3. The minimum Gasteiger partial charge on any atom is -0.296 e. The van der Waals surface area contributed by atoms with Gasteiger partial charge in [-0.3, -0.25) is 9.47 Å². The van der Waals surface area contributed by atoms with Gasteiger partial charge < -0.3 is 0 Å². The number of benzene rings is 1. The molecule has 10 heteroatoms. The zero-order chi connectivity index (χ0) is 21.8.